The summed E-state index contributed by atoms with van der Waals surface area (Å²) in [6.07, 6.45) is 0.983. The van der Waals surface area contributed by atoms with Crippen molar-refractivity contribution in [2.45, 2.75) is 20.0 Å². The van der Waals surface area contributed by atoms with Crippen molar-refractivity contribution < 1.29 is 19.1 Å². The standard InChI is InChI=1S/C13H14O4/c1-2-5-16-8-9-3-4-11-10(6-9)7-12(17-11)13(14)15/h3-4,6-7H,2,5,8H2,1H3,(H,14,15). The molecule has 4 nitrogen and oxygen atoms in total. The number of ether oxygens (including phenoxy) is 1. The smallest absolute Gasteiger partial charge is 0.371 e. The fraction of sp³-hybridized carbons (Fsp3) is 0.308. The minimum atomic E-state index is -1.05. The van der Waals surface area contributed by atoms with E-state index in [2.05, 4.69) is 6.92 Å². The SMILES string of the molecule is CCCOCc1ccc2oc(C(=O)O)cc2c1. The third-order valence-corrected chi connectivity index (χ3v) is 2.41. The van der Waals surface area contributed by atoms with Crippen LogP contribution >= 0.6 is 0 Å². The van der Waals surface area contributed by atoms with Crippen LogP contribution < -0.4 is 0 Å². The van der Waals surface area contributed by atoms with E-state index in [0.717, 1.165) is 24.0 Å². The number of rotatable bonds is 5. The number of hydrogen-bond acceptors (Lipinski definition) is 3. The molecule has 90 valence electrons. The van der Waals surface area contributed by atoms with Crippen molar-refractivity contribution in [2.75, 3.05) is 6.61 Å². The molecule has 0 saturated heterocycles. The Bertz CT molecular complexity index is 527. The topological polar surface area (TPSA) is 59.7 Å². The first-order valence-electron chi connectivity index (χ1n) is 5.54. The largest absolute Gasteiger partial charge is 0.475 e. The first kappa shape index (κ1) is 11.7. The second-order valence-electron chi connectivity index (χ2n) is 3.84. The molecule has 0 aliphatic rings. The molecule has 0 radical (unpaired) electrons. The zero-order valence-electron chi connectivity index (χ0n) is 9.60. The molecule has 1 aromatic carbocycles. The normalized spacial score (nSPS) is 10.9. The Labute approximate surface area is 98.8 Å². The van der Waals surface area contributed by atoms with Crippen LogP contribution in [0.5, 0.6) is 0 Å². The van der Waals surface area contributed by atoms with E-state index in [1.54, 1.807) is 6.07 Å². The van der Waals surface area contributed by atoms with E-state index in [4.69, 9.17) is 14.3 Å². The number of benzene rings is 1. The van der Waals surface area contributed by atoms with Gasteiger partial charge in [0.1, 0.15) is 5.58 Å². The van der Waals surface area contributed by atoms with Crippen molar-refractivity contribution in [1.82, 2.24) is 0 Å². The zero-order chi connectivity index (χ0) is 12.3. The van der Waals surface area contributed by atoms with Crippen LogP contribution in [0.1, 0.15) is 29.5 Å². The van der Waals surface area contributed by atoms with Gasteiger partial charge in [0.05, 0.1) is 6.61 Å². The molecule has 4 heteroatoms. The van der Waals surface area contributed by atoms with Gasteiger partial charge in [-0.1, -0.05) is 13.0 Å². The highest BCUT2D eigenvalue weighted by Crippen LogP contribution is 2.21. The Hall–Kier alpha value is -1.81. The van der Waals surface area contributed by atoms with Crippen molar-refractivity contribution >= 4 is 16.9 Å². The summed E-state index contributed by atoms with van der Waals surface area (Å²) in [6, 6.07) is 7.07. The highest BCUT2D eigenvalue weighted by atomic mass is 16.5. The van der Waals surface area contributed by atoms with E-state index < -0.39 is 5.97 Å². The van der Waals surface area contributed by atoms with E-state index in [1.807, 2.05) is 12.1 Å². The van der Waals surface area contributed by atoms with Gasteiger partial charge in [0.15, 0.2) is 0 Å². The van der Waals surface area contributed by atoms with Crippen molar-refractivity contribution in [2.24, 2.45) is 0 Å². The van der Waals surface area contributed by atoms with Gasteiger partial charge in [-0.3, -0.25) is 0 Å². The number of carbonyl (C=O) groups is 1. The molecule has 0 atom stereocenters. The van der Waals surface area contributed by atoms with E-state index >= 15 is 0 Å². The van der Waals surface area contributed by atoms with Crippen LogP contribution in [0.15, 0.2) is 28.7 Å². The third kappa shape index (κ3) is 2.65. The molecular formula is C13H14O4. The minimum absolute atomic E-state index is 0.0355. The summed E-state index contributed by atoms with van der Waals surface area (Å²) in [4.78, 5) is 10.7. The molecule has 0 saturated carbocycles. The number of fused-ring (bicyclic) bond motifs is 1. The molecule has 0 unspecified atom stereocenters. The second-order valence-corrected chi connectivity index (χ2v) is 3.84. The van der Waals surface area contributed by atoms with Gasteiger partial charge >= 0.3 is 5.97 Å². The van der Waals surface area contributed by atoms with Crippen molar-refractivity contribution in [1.29, 1.82) is 0 Å². The molecule has 1 aromatic heterocycles. The van der Waals surface area contributed by atoms with Crippen LogP contribution in [0.3, 0.4) is 0 Å². The molecule has 1 heterocycles. The lowest BCUT2D eigenvalue weighted by atomic mass is 10.2. The number of furan rings is 1. The van der Waals surface area contributed by atoms with Gasteiger partial charge in [-0.15, -0.1) is 0 Å². The molecule has 0 aliphatic heterocycles. The number of aromatic carboxylic acids is 1. The minimum Gasteiger partial charge on any atom is -0.475 e. The molecular weight excluding hydrogens is 220 g/mol. The third-order valence-electron chi connectivity index (χ3n) is 2.41. The summed E-state index contributed by atoms with van der Waals surface area (Å²) in [5, 5.41) is 9.60. The lowest BCUT2D eigenvalue weighted by molar-refractivity contribution is 0.0665. The van der Waals surface area contributed by atoms with E-state index in [-0.39, 0.29) is 5.76 Å². The van der Waals surface area contributed by atoms with Gasteiger partial charge in [0, 0.05) is 12.0 Å². The first-order chi connectivity index (χ1) is 8.20. The summed E-state index contributed by atoms with van der Waals surface area (Å²) in [6.45, 7) is 3.32. The summed E-state index contributed by atoms with van der Waals surface area (Å²) in [5.41, 5.74) is 1.60. The van der Waals surface area contributed by atoms with Crippen LogP contribution in [0.4, 0.5) is 0 Å². The van der Waals surface area contributed by atoms with E-state index in [9.17, 15) is 4.79 Å². The summed E-state index contributed by atoms with van der Waals surface area (Å²) >= 11 is 0. The Balaban J connectivity index is 2.21. The average Bonchev–Trinajstić information content (AvgIpc) is 2.72. The highest BCUT2D eigenvalue weighted by molar-refractivity contribution is 5.91. The Morgan fingerprint density at radius 1 is 1.41 bits per heavy atom. The fourth-order valence-corrected chi connectivity index (χ4v) is 1.62. The monoisotopic (exact) mass is 234 g/mol. The molecule has 2 rings (SSSR count). The molecule has 1 N–H and O–H groups in total. The van der Waals surface area contributed by atoms with Crippen LogP contribution in [0, 0.1) is 0 Å². The molecule has 0 fully saturated rings. The summed E-state index contributed by atoms with van der Waals surface area (Å²) < 4.78 is 10.6. The Morgan fingerprint density at radius 2 is 2.24 bits per heavy atom. The summed E-state index contributed by atoms with van der Waals surface area (Å²) in [5.74, 6) is -1.09. The second kappa shape index (κ2) is 5.01. The summed E-state index contributed by atoms with van der Waals surface area (Å²) in [7, 11) is 0. The van der Waals surface area contributed by atoms with Crippen LogP contribution in [0.2, 0.25) is 0 Å². The van der Waals surface area contributed by atoms with Gasteiger partial charge in [-0.25, -0.2) is 4.79 Å². The number of hydrogen-bond donors (Lipinski definition) is 1. The van der Waals surface area contributed by atoms with Gasteiger partial charge in [-0.05, 0) is 30.2 Å². The molecule has 0 aliphatic carbocycles. The molecule has 0 amide bonds. The fourth-order valence-electron chi connectivity index (χ4n) is 1.62. The van der Waals surface area contributed by atoms with Gasteiger partial charge < -0.3 is 14.3 Å². The van der Waals surface area contributed by atoms with Gasteiger partial charge in [0.25, 0.3) is 0 Å². The molecule has 2 aromatic rings. The quantitative estimate of drug-likeness (QED) is 0.808. The maximum atomic E-state index is 10.7. The maximum absolute atomic E-state index is 10.7. The van der Waals surface area contributed by atoms with Crippen LogP contribution in [0.25, 0.3) is 11.0 Å². The molecule has 0 spiro atoms. The highest BCUT2D eigenvalue weighted by Gasteiger charge is 2.10. The molecule has 17 heavy (non-hydrogen) atoms. The van der Waals surface area contributed by atoms with Gasteiger partial charge in [0.2, 0.25) is 5.76 Å². The van der Waals surface area contributed by atoms with Crippen molar-refractivity contribution in [3.63, 3.8) is 0 Å². The Morgan fingerprint density at radius 3 is 2.94 bits per heavy atom. The number of carboxylic acid groups (broad SMARTS) is 1. The van der Waals surface area contributed by atoms with E-state index in [0.29, 0.717) is 12.2 Å². The van der Waals surface area contributed by atoms with Crippen LogP contribution in [-0.4, -0.2) is 17.7 Å². The van der Waals surface area contributed by atoms with Crippen molar-refractivity contribution in [3.05, 3.63) is 35.6 Å². The average molecular weight is 234 g/mol. The van der Waals surface area contributed by atoms with E-state index in [1.165, 1.54) is 6.07 Å². The molecule has 0 bridgehead atoms. The zero-order valence-corrected chi connectivity index (χ0v) is 9.60. The predicted octanol–water partition coefficient (Wildman–Crippen LogP) is 3.06. The van der Waals surface area contributed by atoms with Gasteiger partial charge in [-0.2, -0.15) is 0 Å². The Kier molecular flexibility index (Phi) is 3.44. The lowest BCUT2D eigenvalue weighted by Gasteiger charge is -2.02. The maximum Gasteiger partial charge on any atom is 0.371 e. The van der Waals surface area contributed by atoms with Crippen molar-refractivity contribution in [3.8, 4) is 0 Å². The lowest BCUT2D eigenvalue weighted by Crippen LogP contribution is -1.93. The van der Waals surface area contributed by atoms with Crippen LogP contribution in [-0.2, 0) is 11.3 Å². The first-order valence-corrected chi connectivity index (χ1v) is 5.54. The predicted molar refractivity (Wildman–Crippen MR) is 63.1 cm³/mol. The number of carboxylic acids is 1.